The Morgan fingerprint density at radius 3 is 2.94 bits per heavy atom. The topological polar surface area (TPSA) is 55.0 Å². The number of nitrogens with zero attached hydrogens (tertiary/aromatic N) is 3. The summed E-state index contributed by atoms with van der Waals surface area (Å²) in [5, 5.41) is 0.535. The van der Waals surface area contributed by atoms with Gasteiger partial charge in [-0.1, -0.05) is 11.6 Å². The second-order valence-electron chi connectivity index (χ2n) is 3.64. The molecule has 4 nitrogen and oxygen atoms in total. The van der Waals surface area contributed by atoms with Crippen molar-refractivity contribution in [2.24, 2.45) is 0 Å². The van der Waals surface area contributed by atoms with Gasteiger partial charge in [0.2, 0.25) is 5.95 Å². The summed E-state index contributed by atoms with van der Waals surface area (Å²) in [6.45, 7) is 2.14. The zero-order valence-corrected chi connectivity index (χ0v) is 11.3. The van der Waals surface area contributed by atoms with E-state index in [1.807, 2.05) is 23.7 Å². The van der Waals surface area contributed by atoms with Crippen LogP contribution < -0.4 is 10.6 Å². The number of anilines is 2. The van der Waals surface area contributed by atoms with Crippen molar-refractivity contribution < 1.29 is 0 Å². The highest BCUT2D eigenvalue weighted by Crippen LogP contribution is 2.24. The average Bonchev–Trinajstić information content (AvgIpc) is 2.28. The van der Waals surface area contributed by atoms with Crippen LogP contribution >= 0.6 is 23.4 Å². The summed E-state index contributed by atoms with van der Waals surface area (Å²) in [7, 11) is 1.97. The summed E-state index contributed by atoms with van der Waals surface area (Å²) < 4.78 is 0. The van der Waals surface area contributed by atoms with Gasteiger partial charge in [0.1, 0.15) is 5.02 Å². The zero-order chi connectivity index (χ0) is 12.1. The summed E-state index contributed by atoms with van der Waals surface area (Å²) in [6.07, 6.45) is 4.72. The first-order valence-corrected chi connectivity index (χ1v) is 6.83. The van der Waals surface area contributed by atoms with Crippen LogP contribution in [-0.4, -0.2) is 35.1 Å². The molecule has 1 aromatic rings. The van der Waals surface area contributed by atoms with E-state index in [9.17, 15) is 0 Å². The number of thioether (sulfide) groups is 1. The molecule has 0 aliphatic carbocycles. The van der Waals surface area contributed by atoms with Crippen LogP contribution in [0.3, 0.4) is 0 Å². The lowest BCUT2D eigenvalue weighted by molar-refractivity contribution is 0.662. The van der Waals surface area contributed by atoms with Gasteiger partial charge in [-0.2, -0.15) is 16.7 Å². The van der Waals surface area contributed by atoms with Crippen molar-refractivity contribution in [2.75, 3.05) is 29.7 Å². The third-order valence-corrected chi connectivity index (χ3v) is 3.39. The van der Waals surface area contributed by atoms with Gasteiger partial charge in [-0.25, -0.2) is 4.98 Å². The second kappa shape index (κ2) is 6.15. The van der Waals surface area contributed by atoms with Gasteiger partial charge in [0.25, 0.3) is 0 Å². The molecular weight excluding hydrogens is 244 g/mol. The Bertz CT molecular complexity index is 348. The fraction of sp³-hybridized carbons (Fsp3) is 0.600. The summed E-state index contributed by atoms with van der Waals surface area (Å²) in [4.78, 5) is 10.0. The lowest BCUT2D eigenvalue weighted by Gasteiger charge is -2.26. The molecule has 0 spiro atoms. The van der Waals surface area contributed by atoms with Crippen molar-refractivity contribution in [2.45, 2.75) is 19.4 Å². The molecule has 6 heteroatoms. The van der Waals surface area contributed by atoms with Gasteiger partial charge in [0.05, 0.1) is 6.20 Å². The number of halogens is 1. The molecular formula is C10H17ClN4S. The van der Waals surface area contributed by atoms with Crippen molar-refractivity contribution in [3.8, 4) is 0 Å². The van der Waals surface area contributed by atoms with Crippen LogP contribution in [0, 0.1) is 0 Å². The van der Waals surface area contributed by atoms with E-state index in [1.54, 1.807) is 0 Å². The molecule has 1 aromatic heterocycles. The molecule has 1 unspecified atom stereocenters. The Balaban J connectivity index is 2.78. The largest absolute Gasteiger partial charge is 0.368 e. The molecule has 0 radical (unpaired) electrons. The molecule has 0 aromatic carbocycles. The molecule has 1 rings (SSSR count). The SMILES string of the molecule is CSCCC(C)N(C)c1nc(N)ncc1Cl. The highest BCUT2D eigenvalue weighted by molar-refractivity contribution is 7.98. The maximum Gasteiger partial charge on any atom is 0.222 e. The van der Waals surface area contributed by atoms with E-state index in [2.05, 4.69) is 23.1 Å². The van der Waals surface area contributed by atoms with E-state index in [-0.39, 0.29) is 5.95 Å². The molecule has 16 heavy (non-hydrogen) atoms. The fourth-order valence-electron chi connectivity index (χ4n) is 1.31. The third-order valence-electron chi connectivity index (χ3n) is 2.48. The standard InChI is InChI=1S/C10H17ClN4S/c1-7(4-5-16-3)15(2)9-8(11)6-13-10(12)14-9/h6-7H,4-5H2,1-3H3,(H2,12,13,14). The van der Waals surface area contributed by atoms with E-state index in [4.69, 9.17) is 17.3 Å². The van der Waals surface area contributed by atoms with E-state index in [0.717, 1.165) is 12.2 Å². The molecule has 0 aliphatic rings. The minimum absolute atomic E-state index is 0.253. The molecule has 0 fully saturated rings. The van der Waals surface area contributed by atoms with Gasteiger partial charge in [0, 0.05) is 13.1 Å². The predicted octanol–water partition coefficient (Wildman–Crippen LogP) is 2.29. The number of nitrogens with two attached hydrogens (primary N) is 1. The minimum Gasteiger partial charge on any atom is -0.368 e. The average molecular weight is 261 g/mol. The third kappa shape index (κ3) is 3.42. The van der Waals surface area contributed by atoms with Crippen LogP contribution in [0.25, 0.3) is 0 Å². The van der Waals surface area contributed by atoms with Crippen LogP contribution in [-0.2, 0) is 0 Å². The van der Waals surface area contributed by atoms with Gasteiger partial charge < -0.3 is 10.6 Å². The van der Waals surface area contributed by atoms with Crippen LogP contribution in [0.5, 0.6) is 0 Å². The predicted molar refractivity (Wildman–Crippen MR) is 72.3 cm³/mol. The van der Waals surface area contributed by atoms with Crippen LogP contribution in [0.1, 0.15) is 13.3 Å². The molecule has 1 atom stereocenters. The van der Waals surface area contributed by atoms with Gasteiger partial charge in [-0.05, 0) is 25.4 Å². The molecule has 1 heterocycles. The van der Waals surface area contributed by atoms with Crippen LogP contribution in [0.4, 0.5) is 11.8 Å². The van der Waals surface area contributed by atoms with Gasteiger partial charge >= 0.3 is 0 Å². The quantitative estimate of drug-likeness (QED) is 0.880. The molecule has 0 saturated heterocycles. The molecule has 90 valence electrons. The number of hydrogen-bond donors (Lipinski definition) is 1. The Morgan fingerprint density at radius 2 is 2.31 bits per heavy atom. The summed E-state index contributed by atoms with van der Waals surface area (Å²) in [5.41, 5.74) is 5.55. The number of nitrogen functional groups attached to an aromatic ring is 1. The Morgan fingerprint density at radius 1 is 1.62 bits per heavy atom. The first kappa shape index (κ1) is 13.4. The molecule has 2 N–H and O–H groups in total. The van der Waals surface area contributed by atoms with Gasteiger partial charge in [-0.15, -0.1) is 0 Å². The van der Waals surface area contributed by atoms with Gasteiger partial charge in [0.15, 0.2) is 5.82 Å². The monoisotopic (exact) mass is 260 g/mol. The maximum atomic E-state index is 6.04. The Kier molecular flexibility index (Phi) is 5.15. The van der Waals surface area contributed by atoms with Crippen molar-refractivity contribution in [3.63, 3.8) is 0 Å². The molecule has 0 amide bonds. The Labute approximate surface area is 106 Å². The van der Waals surface area contributed by atoms with E-state index in [1.165, 1.54) is 6.20 Å². The lowest BCUT2D eigenvalue weighted by Crippen LogP contribution is -2.30. The smallest absolute Gasteiger partial charge is 0.222 e. The molecule has 0 saturated carbocycles. The van der Waals surface area contributed by atoms with Crippen LogP contribution in [0.15, 0.2) is 6.20 Å². The fourth-order valence-corrected chi connectivity index (χ4v) is 2.11. The number of rotatable bonds is 5. The van der Waals surface area contributed by atoms with Crippen LogP contribution in [0.2, 0.25) is 5.02 Å². The van der Waals surface area contributed by atoms with E-state index in [0.29, 0.717) is 16.9 Å². The summed E-state index contributed by atoms with van der Waals surface area (Å²) in [6, 6.07) is 0.374. The maximum absolute atomic E-state index is 6.04. The molecule has 0 aliphatic heterocycles. The van der Waals surface area contributed by atoms with Crippen molar-refractivity contribution >= 4 is 35.1 Å². The van der Waals surface area contributed by atoms with Crippen molar-refractivity contribution in [1.82, 2.24) is 9.97 Å². The second-order valence-corrected chi connectivity index (χ2v) is 5.03. The minimum atomic E-state index is 0.253. The summed E-state index contributed by atoms with van der Waals surface area (Å²) in [5.74, 6) is 2.06. The van der Waals surface area contributed by atoms with Crippen molar-refractivity contribution in [1.29, 1.82) is 0 Å². The lowest BCUT2D eigenvalue weighted by atomic mass is 10.2. The normalized spacial score (nSPS) is 12.5. The summed E-state index contributed by atoms with van der Waals surface area (Å²) >= 11 is 7.87. The highest BCUT2D eigenvalue weighted by atomic mass is 35.5. The van der Waals surface area contributed by atoms with Gasteiger partial charge in [-0.3, -0.25) is 0 Å². The Hall–Kier alpha value is -0.680. The highest BCUT2D eigenvalue weighted by Gasteiger charge is 2.14. The zero-order valence-electron chi connectivity index (χ0n) is 9.77. The van der Waals surface area contributed by atoms with E-state index < -0.39 is 0 Å². The first-order valence-electron chi connectivity index (χ1n) is 5.06. The number of aromatic nitrogens is 2. The number of hydrogen-bond acceptors (Lipinski definition) is 5. The van der Waals surface area contributed by atoms with Crippen molar-refractivity contribution in [3.05, 3.63) is 11.2 Å². The van der Waals surface area contributed by atoms with E-state index >= 15 is 0 Å². The first-order chi connectivity index (χ1) is 7.56. The molecule has 0 bridgehead atoms.